The molecule has 2 N–H and O–H groups in total. The number of hydrogen-bond acceptors (Lipinski definition) is 7. The normalized spacial score (nSPS) is 14.9. The van der Waals surface area contributed by atoms with Gasteiger partial charge >= 0.3 is 0 Å². The van der Waals surface area contributed by atoms with Crippen LogP contribution in [0.1, 0.15) is 35.2 Å². The molecule has 0 aromatic heterocycles. The molecule has 1 atom stereocenters. The highest BCUT2D eigenvalue weighted by atomic mass is 16.5. The highest BCUT2D eigenvalue weighted by Crippen LogP contribution is 2.29. The maximum atomic E-state index is 13.0. The lowest BCUT2D eigenvalue weighted by Gasteiger charge is -2.33. The van der Waals surface area contributed by atoms with Crippen molar-refractivity contribution in [1.82, 2.24) is 15.6 Å². The summed E-state index contributed by atoms with van der Waals surface area (Å²) in [6.07, 6.45) is 3.77. The van der Waals surface area contributed by atoms with Crippen molar-refractivity contribution in [2.24, 2.45) is 5.10 Å². The minimum absolute atomic E-state index is 0.0876. The molecule has 0 spiro atoms. The molecule has 0 saturated carbocycles. The number of hydrogen-bond donors (Lipinski definition) is 2. The van der Waals surface area contributed by atoms with E-state index in [1.807, 2.05) is 30.3 Å². The van der Waals surface area contributed by atoms with Gasteiger partial charge in [-0.2, -0.15) is 5.10 Å². The molecule has 1 saturated heterocycles. The molecule has 0 radical (unpaired) electrons. The number of unbranched alkanes of at least 4 members (excludes halogenated alkanes) is 1. The number of methoxy groups -OCH3 is 2. The Bertz CT molecular complexity index is 977. The summed E-state index contributed by atoms with van der Waals surface area (Å²) in [6, 6.07) is 14.3. The summed E-state index contributed by atoms with van der Waals surface area (Å²) in [7, 11) is 3.13. The molecular weight excluding hydrogens is 448 g/mol. The average molecular weight is 483 g/mol. The average Bonchev–Trinajstić information content (AvgIpc) is 2.91. The SMILES string of the molecule is COc1cccc(C=NNC(=O)C(CCCCNC(=O)c2ccccc2)N2CCOCC2)c1OC. The van der Waals surface area contributed by atoms with Gasteiger partial charge in [0, 0.05) is 30.8 Å². The highest BCUT2D eigenvalue weighted by molar-refractivity contribution is 5.94. The van der Waals surface area contributed by atoms with Gasteiger partial charge in [-0.1, -0.05) is 24.3 Å². The third kappa shape index (κ3) is 7.80. The Labute approximate surface area is 206 Å². The summed E-state index contributed by atoms with van der Waals surface area (Å²) in [6.45, 7) is 3.13. The molecule has 1 fully saturated rings. The zero-order valence-corrected chi connectivity index (χ0v) is 20.4. The van der Waals surface area contributed by atoms with Crippen LogP contribution in [-0.2, 0) is 9.53 Å². The van der Waals surface area contributed by atoms with Crippen LogP contribution in [0.5, 0.6) is 11.5 Å². The van der Waals surface area contributed by atoms with E-state index in [1.54, 1.807) is 38.6 Å². The van der Waals surface area contributed by atoms with Crippen molar-refractivity contribution in [2.75, 3.05) is 47.1 Å². The lowest BCUT2D eigenvalue weighted by molar-refractivity contribution is -0.128. The van der Waals surface area contributed by atoms with Crippen LogP contribution in [0.15, 0.2) is 53.6 Å². The zero-order valence-electron chi connectivity index (χ0n) is 20.4. The lowest BCUT2D eigenvalue weighted by atomic mass is 10.1. The van der Waals surface area contributed by atoms with Gasteiger partial charge in [-0.15, -0.1) is 0 Å². The van der Waals surface area contributed by atoms with Crippen molar-refractivity contribution in [1.29, 1.82) is 0 Å². The quantitative estimate of drug-likeness (QED) is 0.274. The third-order valence-electron chi connectivity index (χ3n) is 5.83. The van der Waals surface area contributed by atoms with Gasteiger partial charge in [0.15, 0.2) is 11.5 Å². The number of benzene rings is 2. The zero-order chi connectivity index (χ0) is 24.9. The van der Waals surface area contributed by atoms with Crippen molar-refractivity contribution >= 4 is 18.0 Å². The number of amides is 2. The summed E-state index contributed by atoms with van der Waals surface area (Å²) in [5.74, 6) is 0.886. The second kappa shape index (κ2) is 14.1. The van der Waals surface area contributed by atoms with Crippen molar-refractivity contribution in [2.45, 2.75) is 25.3 Å². The molecule has 1 unspecified atom stereocenters. The van der Waals surface area contributed by atoms with Crippen LogP contribution in [0.25, 0.3) is 0 Å². The molecule has 9 heteroatoms. The molecule has 2 amide bonds. The van der Waals surface area contributed by atoms with Crippen molar-refractivity contribution < 1.29 is 23.8 Å². The lowest BCUT2D eigenvalue weighted by Crippen LogP contribution is -2.50. The summed E-state index contributed by atoms with van der Waals surface area (Å²) >= 11 is 0. The second-order valence-electron chi connectivity index (χ2n) is 8.10. The first-order chi connectivity index (χ1) is 17.1. The summed E-state index contributed by atoms with van der Waals surface area (Å²) in [4.78, 5) is 27.4. The van der Waals surface area contributed by atoms with Crippen LogP contribution >= 0.6 is 0 Å². The minimum Gasteiger partial charge on any atom is -0.493 e. The molecule has 0 bridgehead atoms. The molecule has 3 rings (SSSR count). The Morgan fingerprint density at radius 1 is 1.06 bits per heavy atom. The fraction of sp³-hybridized carbons (Fsp3) is 0.423. The van der Waals surface area contributed by atoms with E-state index in [-0.39, 0.29) is 17.9 Å². The Balaban J connectivity index is 1.53. The first-order valence-corrected chi connectivity index (χ1v) is 11.8. The van der Waals surface area contributed by atoms with Gasteiger partial charge in [0.2, 0.25) is 0 Å². The third-order valence-corrected chi connectivity index (χ3v) is 5.83. The number of nitrogens with zero attached hydrogens (tertiary/aromatic N) is 2. The number of carbonyl (C=O) groups is 2. The minimum atomic E-state index is -0.326. The number of ether oxygens (including phenoxy) is 3. The van der Waals surface area contributed by atoms with E-state index < -0.39 is 0 Å². The second-order valence-corrected chi connectivity index (χ2v) is 8.10. The van der Waals surface area contributed by atoms with Gasteiger partial charge in [0.1, 0.15) is 0 Å². The molecule has 0 aliphatic carbocycles. The first-order valence-electron chi connectivity index (χ1n) is 11.8. The van der Waals surface area contributed by atoms with Gasteiger partial charge in [-0.3, -0.25) is 14.5 Å². The largest absolute Gasteiger partial charge is 0.493 e. The number of nitrogens with one attached hydrogen (secondary N) is 2. The van der Waals surface area contributed by atoms with Crippen LogP contribution in [0, 0.1) is 0 Å². The number of rotatable bonds is 12. The first kappa shape index (κ1) is 26.2. The van der Waals surface area contributed by atoms with Gasteiger partial charge in [0.05, 0.1) is 39.7 Å². The molecule has 9 nitrogen and oxygen atoms in total. The summed E-state index contributed by atoms with van der Waals surface area (Å²) in [5.41, 5.74) is 4.02. The smallest absolute Gasteiger partial charge is 0.257 e. The highest BCUT2D eigenvalue weighted by Gasteiger charge is 2.27. The molecule has 188 valence electrons. The van der Waals surface area contributed by atoms with E-state index in [1.165, 1.54) is 0 Å². The number of hydrazone groups is 1. The van der Waals surface area contributed by atoms with E-state index in [9.17, 15) is 9.59 Å². The Morgan fingerprint density at radius 2 is 1.83 bits per heavy atom. The van der Waals surface area contributed by atoms with E-state index >= 15 is 0 Å². The molecule has 1 heterocycles. The van der Waals surface area contributed by atoms with Crippen LogP contribution in [0.4, 0.5) is 0 Å². The van der Waals surface area contributed by atoms with Gasteiger partial charge in [0.25, 0.3) is 11.8 Å². The van der Waals surface area contributed by atoms with E-state index in [0.29, 0.717) is 61.9 Å². The topological polar surface area (TPSA) is 101 Å². The van der Waals surface area contributed by atoms with Crippen LogP contribution in [-0.4, -0.2) is 76.0 Å². The Hall–Kier alpha value is -3.43. The van der Waals surface area contributed by atoms with Crippen molar-refractivity contribution in [3.63, 3.8) is 0 Å². The van der Waals surface area contributed by atoms with Crippen molar-refractivity contribution in [3.05, 3.63) is 59.7 Å². The van der Waals surface area contributed by atoms with Crippen LogP contribution in [0.3, 0.4) is 0 Å². The van der Waals surface area contributed by atoms with Crippen LogP contribution < -0.4 is 20.2 Å². The predicted octanol–water partition coefficient (Wildman–Crippen LogP) is 2.46. The van der Waals surface area contributed by atoms with Gasteiger partial charge < -0.3 is 19.5 Å². The van der Waals surface area contributed by atoms with Gasteiger partial charge in [-0.05, 0) is 43.5 Å². The van der Waals surface area contributed by atoms with E-state index in [2.05, 4.69) is 20.7 Å². The summed E-state index contributed by atoms with van der Waals surface area (Å²) in [5, 5.41) is 7.10. The molecule has 1 aliphatic rings. The predicted molar refractivity (Wildman–Crippen MR) is 134 cm³/mol. The number of carbonyl (C=O) groups excluding carboxylic acids is 2. The molecule has 2 aromatic carbocycles. The Kier molecular flexibility index (Phi) is 10.5. The molecule has 35 heavy (non-hydrogen) atoms. The van der Waals surface area contributed by atoms with Gasteiger partial charge in [-0.25, -0.2) is 5.43 Å². The fourth-order valence-corrected chi connectivity index (χ4v) is 3.98. The molecular formula is C26H34N4O5. The monoisotopic (exact) mass is 482 g/mol. The van der Waals surface area contributed by atoms with E-state index in [0.717, 1.165) is 12.8 Å². The number of para-hydroxylation sites is 1. The molecule has 2 aromatic rings. The fourth-order valence-electron chi connectivity index (χ4n) is 3.98. The van der Waals surface area contributed by atoms with Crippen LogP contribution in [0.2, 0.25) is 0 Å². The maximum absolute atomic E-state index is 13.0. The van der Waals surface area contributed by atoms with Crippen molar-refractivity contribution in [3.8, 4) is 11.5 Å². The summed E-state index contributed by atoms with van der Waals surface area (Å²) < 4.78 is 16.2. The standard InChI is InChI=1S/C26H34N4O5/c1-33-23-13-8-11-21(24(23)34-2)19-28-29-26(32)22(30-15-17-35-18-16-30)12-6-7-14-27-25(31)20-9-4-3-5-10-20/h3-5,8-11,13,19,22H,6-7,12,14-18H2,1-2H3,(H,27,31)(H,29,32). The van der Waals surface area contributed by atoms with E-state index in [4.69, 9.17) is 14.2 Å². The Morgan fingerprint density at radius 3 is 2.54 bits per heavy atom. The molecule has 1 aliphatic heterocycles. The maximum Gasteiger partial charge on any atom is 0.257 e. The number of morpholine rings is 1.